The van der Waals surface area contributed by atoms with E-state index in [0.717, 1.165) is 0 Å². The highest BCUT2D eigenvalue weighted by Gasteiger charge is 2.70. The molecule has 0 aliphatic heterocycles. The van der Waals surface area contributed by atoms with E-state index in [1.54, 1.807) is 6.92 Å². The van der Waals surface area contributed by atoms with E-state index < -0.39 is 51.5 Å². The highest BCUT2D eigenvalue weighted by molar-refractivity contribution is 6.12. The SMILES string of the molecule is CC(=O)OCC1(C)C(=O)CCC2(C)C3=C(C(=O)CC12)C1(C)C(O)CC(C(C)CC(=O)CC(C)C(=O)O)C1(C)CC3=O. The predicted molar refractivity (Wildman–Crippen MR) is 147 cm³/mol. The van der Waals surface area contributed by atoms with E-state index in [1.807, 2.05) is 27.7 Å². The molecule has 9 nitrogen and oxygen atoms in total. The number of ketones is 4. The van der Waals surface area contributed by atoms with Crippen LogP contribution in [0.25, 0.3) is 0 Å². The maximum atomic E-state index is 14.2. The fourth-order valence-electron chi connectivity index (χ4n) is 9.20. The van der Waals surface area contributed by atoms with E-state index in [1.165, 1.54) is 13.8 Å². The monoisotopic (exact) mass is 572 g/mol. The highest BCUT2D eigenvalue weighted by Crippen LogP contribution is 2.71. The Morgan fingerprint density at radius 2 is 1.63 bits per heavy atom. The third-order valence-electron chi connectivity index (χ3n) is 11.8. The molecule has 0 saturated heterocycles. The summed E-state index contributed by atoms with van der Waals surface area (Å²) in [5, 5.41) is 20.9. The van der Waals surface area contributed by atoms with Crippen LogP contribution in [0.2, 0.25) is 0 Å². The number of carboxylic acids is 1. The van der Waals surface area contributed by atoms with Gasteiger partial charge in [-0.15, -0.1) is 0 Å². The molecule has 9 atom stereocenters. The van der Waals surface area contributed by atoms with Crippen LogP contribution in [0.3, 0.4) is 0 Å². The molecule has 4 aliphatic rings. The number of fused-ring (bicyclic) bond motifs is 4. The Morgan fingerprint density at radius 1 is 1.00 bits per heavy atom. The lowest BCUT2D eigenvalue weighted by atomic mass is 9.42. The number of esters is 1. The largest absolute Gasteiger partial charge is 0.481 e. The first kappa shape index (κ1) is 31.3. The molecule has 4 rings (SSSR count). The summed E-state index contributed by atoms with van der Waals surface area (Å²) >= 11 is 0. The Balaban J connectivity index is 1.75. The molecule has 0 aromatic rings. The third kappa shape index (κ3) is 4.54. The van der Waals surface area contributed by atoms with Gasteiger partial charge >= 0.3 is 11.9 Å². The lowest BCUT2D eigenvalue weighted by molar-refractivity contribution is -0.160. The maximum Gasteiger partial charge on any atom is 0.306 e. The van der Waals surface area contributed by atoms with Crippen molar-refractivity contribution < 1.29 is 43.7 Å². The summed E-state index contributed by atoms with van der Waals surface area (Å²) in [5.74, 6) is -4.04. The number of allylic oxidation sites excluding steroid dienone is 1. The Hall–Kier alpha value is -2.68. The van der Waals surface area contributed by atoms with Crippen molar-refractivity contribution in [2.75, 3.05) is 6.61 Å². The second-order valence-corrected chi connectivity index (χ2v) is 14.2. The van der Waals surface area contributed by atoms with Gasteiger partial charge in [-0.2, -0.15) is 0 Å². The first-order valence-corrected chi connectivity index (χ1v) is 14.8. The molecule has 0 heterocycles. The van der Waals surface area contributed by atoms with Crippen LogP contribution in [-0.2, 0) is 33.5 Å². The second kappa shape index (κ2) is 10.2. The molecule has 2 N–H and O–H groups in total. The molecule has 2 fully saturated rings. The van der Waals surface area contributed by atoms with Crippen LogP contribution in [0.5, 0.6) is 0 Å². The van der Waals surface area contributed by atoms with Crippen LogP contribution in [0, 0.1) is 45.3 Å². The first-order chi connectivity index (χ1) is 18.8. The molecule has 2 saturated carbocycles. The summed E-state index contributed by atoms with van der Waals surface area (Å²) in [6.45, 7) is 12.0. The number of Topliss-reactive ketones (excluding diaryl/α,β-unsaturated/α-hetero) is 4. The second-order valence-electron chi connectivity index (χ2n) is 14.2. The lowest BCUT2D eigenvalue weighted by Gasteiger charge is -2.59. The smallest absolute Gasteiger partial charge is 0.306 e. The number of carbonyl (C=O) groups is 6. The van der Waals surface area contributed by atoms with Crippen molar-refractivity contribution in [1.29, 1.82) is 0 Å². The summed E-state index contributed by atoms with van der Waals surface area (Å²) in [7, 11) is 0. The Bertz CT molecular complexity index is 1250. The molecule has 0 bridgehead atoms. The molecular formula is C32H44O9. The molecule has 0 spiro atoms. The minimum absolute atomic E-state index is 0.0102. The number of carbonyl (C=O) groups excluding carboxylic acids is 5. The number of hydrogen-bond donors (Lipinski definition) is 2. The Labute approximate surface area is 241 Å². The topological polar surface area (TPSA) is 152 Å². The summed E-state index contributed by atoms with van der Waals surface area (Å²) in [4.78, 5) is 77.2. The molecule has 4 aliphatic carbocycles. The van der Waals surface area contributed by atoms with E-state index >= 15 is 0 Å². The van der Waals surface area contributed by atoms with Gasteiger partial charge in [0.05, 0.1) is 17.4 Å². The first-order valence-electron chi connectivity index (χ1n) is 14.8. The van der Waals surface area contributed by atoms with E-state index in [-0.39, 0.29) is 73.7 Å². The summed E-state index contributed by atoms with van der Waals surface area (Å²) in [6, 6.07) is 0. The van der Waals surface area contributed by atoms with Crippen molar-refractivity contribution in [3.05, 3.63) is 11.1 Å². The van der Waals surface area contributed by atoms with Crippen LogP contribution < -0.4 is 0 Å². The number of rotatable bonds is 8. The molecule has 0 radical (unpaired) electrons. The average molecular weight is 573 g/mol. The molecule has 0 aromatic carbocycles. The van der Waals surface area contributed by atoms with E-state index in [0.29, 0.717) is 24.0 Å². The zero-order valence-corrected chi connectivity index (χ0v) is 25.3. The third-order valence-corrected chi connectivity index (χ3v) is 11.8. The summed E-state index contributed by atoms with van der Waals surface area (Å²) < 4.78 is 5.31. The fourth-order valence-corrected chi connectivity index (χ4v) is 9.20. The maximum absolute atomic E-state index is 14.2. The van der Waals surface area contributed by atoms with Gasteiger partial charge in [0.1, 0.15) is 18.2 Å². The van der Waals surface area contributed by atoms with Gasteiger partial charge in [0.15, 0.2) is 11.6 Å². The van der Waals surface area contributed by atoms with Crippen molar-refractivity contribution >= 4 is 35.1 Å². The molecule has 226 valence electrons. The van der Waals surface area contributed by atoms with Gasteiger partial charge in [-0.05, 0) is 42.9 Å². The zero-order valence-electron chi connectivity index (χ0n) is 25.3. The van der Waals surface area contributed by atoms with Crippen LogP contribution in [0.1, 0.15) is 93.4 Å². The quantitative estimate of drug-likeness (QED) is 0.413. The van der Waals surface area contributed by atoms with Gasteiger partial charge in [0, 0.05) is 61.0 Å². The van der Waals surface area contributed by atoms with E-state index in [4.69, 9.17) is 4.74 Å². The van der Waals surface area contributed by atoms with Gasteiger partial charge in [-0.25, -0.2) is 0 Å². The predicted octanol–water partition coefficient (Wildman–Crippen LogP) is 3.88. The van der Waals surface area contributed by atoms with Gasteiger partial charge in [0.25, 0.3) is 0 Å². The standard InChI is InChI=1S/C32H44O9/c1-16(10-19(34)11-17(2)28(39)40)20-12-25(38)32(7)27-21(35)13-23-29(4,26(27)22(36)14-31(20,32)6)9-8-24(37)30(23,5)15-41-18(3)33/h16-17,20,23,25,38H,8-15H2,1-7H3,(H,39,40). The molecular weight excluding hydrogens is 528 g/mol. The molecule has 0 aromatic heterocycles. The van der Waals surface area contributed by atoms with Gasteiger partial charge in [-0.1, -0.05) is 34.6 Å². The van der Waals surface area contributed by atoms with Crippen LogP contribution in [0.4, 0.5) is 0 Å². The van der Waals surface area contributed by atoms with Crippen molar-refractivity contribution in [3.63, 3.8) is 0 Å². The fraction of sp³-hybridized carbons (Fsp3) is 0.750. The summed E-state index contributed by atoms with van der Waals surface area (Å²) in [6.07, 6.45) is 0.127. The van der Waals surface area contributed by atoms with E-state index in [9.17, 15) is 39.0 Å². The zero-order chi connectivity index (χ0) is 30.9. The minimum Gasteiger partial charge on any atom is -0.481 e. The number of carboxylic acid groups (broad SMARTS) is 1. The van der Waals surface area contributed by atoms with Crippen molar-refractivity contribution in [2.45, 2.75) is 99.5 Å². The van der Waals surface area contributed by atoms with Crippen LogP contribution in [-0.4, -0.2) is 58.0 Å². The molecule has 9 heteroatoms. The van der Waals surface area contributed by atoms with Gasteiger partial charge < -0.3 is 14.9 Å². The van der Waals surface area contributed by atoms with Gasteiger partial charge in [0.2, 0.25) is 0 Å². The van der Waals surface area contributed by atoms with Crippen LogP contribution in [0.15, 0.2) is 11.1 Å². The van der Waals surface area contributed by atoms with Crippen LogP contribution >= 0.6 is 0 Å². The van der Waals surface area contributed by atoms with Gasteiger partial charge in [-0.3, -0.25) is 28.8 Å². The van der Waals surface area contributed by atoms with Crippen molar-refractivity contribution in [3.8, 4) is 0 Å². The number of aliphatic carboxylic acids is 1. The lowest BCUT2D eigenvalue weighted by Crippen LogP contribution is -2.61. The Kier molecular flexibility index (Phi) is 7.81. The normalized spacial score (nSPS) is 39.9. The van der Waals surface area contributed by atoms with Crippen molar-refractivity contribution in [1.82, 2.24) is 0 Å². The molecule has 9 unspecified atom stereocenters. The number of ether oxygens (including phenoxy) is 1. The number of aliphatic hydroxyl groups is 1. The van der Waals surface area contributed by atoms with E-state index in [2.05, 4.69) is 0 Å². The average Bonchev–Trinajstić information content (AvgIpc) is 3.07. The number of hydrogen-bond acceptors (Lipinski definition) is 8. The Morgan fingerprint density at radius 3 is 2.22 bits per heavy atom. The molecule has 0 amide bonds. The highest BCUT2D eigenvalue weighted by atomic mass is 16.5. The minimum atomic E-state index is -1.12. The summed E-state index contributed by atoms with van der Waals surface area (Å²) in [5.41, 5.74) is -2.98. The van der Waals surface area contributed by atoms with Crippen molar-refractivity contribution in [2.24, 2.45) is 45.3 Å². The molecule has 41 heavy (non-hydrogen) atoms. The number of aliphatic hydroxyl groups excluding tert-OH is 1.